The smallest absolute Gasteiger partial charge is 0.255 e. The van der Waals surface area contributed by atoms with Crippen molar-refractivity contribution >= 4 is 11.9 Å². The lowest BCUT2D eigenvalue weighted by Gasteiger charge is -2.27. The van der Waals surface area contributed by atoms with Gasteiger partial charge in [-0.2, -0.15) is 4.99 Å². The number of anilines is 1. The molecule has 3 aromatic rings. The van der Waals surface area contributed by atoms with Gasteiger partial charge in [0.15, 0.2) is 0 Å². The molecule has 0 radical (unpaired) electrons. The fourth-order valence-corrected chi connectivity index (χ4v) is 3.71. The first-order chi connectivity index (χ1) is 15.6. The molecule has 0 unspecified atom stereocenters. The molecule has 1 fully saturated rings. The van der Waals surface area contributed by atoms with Crippen molar-refractivity contribution in [2.45, 2.75) is 26.3 Å². The average molecular weight is 434 g/mol. The van der Waals surface area contributed by atoms with E-state index in [0.29, 0.717) is 62.0 Å². The van der Waals surface area contributed by atoms with Crippen LogP contribution in [0.4, 0.5) is 5.95 Å². The van der Waals surface area contributed by atoms with E-state index >= 15 is 0 Å². The molecule has 1 aliphatic rings. The van der Waals surface area contributed by atoms with Gasteiger partial charge in [-0.3, -0.25) is 14.6 Å². The van der Waals surface area contributed by atoms with Gasteiger partial charge in [-0.25, -0.2) is 4.98 Å². The maximum atomic E-state index is 12.6. The summed E-state index contributed by atoms with van der Waals surface area (Å²) in [6, 6.07) is 15.6. The predicted octanol–water partition coefficient (Wildman–Crippen LogP) is 1.82. The van der Waals surface area contributed by atoms with E-state index in [1.165, 1.54) is 0 Å². The van der Waals surface area contributed by atoms with Crippen LogP contribution in [0.2, 0.25) is 0 Å². The molecular formula is C24H27N5O3. The van der Waals surface area contributed by atoms with E-state index in [9.17, 15) is 9.59 Å². The number of aromatic amines is 1. The first-order valence-corrected chi connectivity index (χ1v) is 10.8. The number of carbonyl (C=O) groups excluding carboxylic acids is 1. The molecule has 0 aliphatic carbocycles. The summed E-state index contributed by atoms with van der Waals surface area (Å²) in [6.45, 7) is 5.05. The van der Waals surface area contributed by atoms with Crippen LogP contribution in [0.25, 0.3) is 0 Å². The summed E-state index contributed by atoms with van der Waals surface area (Å²) < 4.78 is 7.28. The van der Waals surface area contributed by atoms with Crippen LogP contribution in [0.3, 0.4) is 0 Å². The molecular weight excluding hydrogens is 406 g/mol. The van der Waals surface area contributed by atoms with Gasteiger partial charge in [-0.05, 0) is 31.0 Å². The molecule has 1 N–H and O–H groups in total. The second-order valence-corrected chi connectivity index (χ2v) is 7.73. The Kier molecular flexibility index (Phi) is 6.91. The van der Waals surface area contributed by atoms with Crippen molar-refractivity contribution in [3.63, 3.8) is 0 Å². The van der Waals surface area contributed by atoms with Crippen LogP contribution in [0, 0.1) is 6.92 Å². The summed E-state index contributed by atoms with van der Waals surface area (Å²) in [7, 11) is 0. The topological polar surface area (TPSA) is 92.6 Å². The van der Waals surface area contributed by atoms with Crippen LogP contribution in [0.15, 0.2) is 64.5 Å². The van der Waals surface area contributed by atoms with Crippen molar-refractivity contribution in [3.05, 3.63) is 87.4 Å². The number of carbonyl (C=O) groups is 1. The zero-order chi connectivity index (χ0) is 22.3. The number of nitrogens with one attached hydrogen (secondary N) is 1. The number of amides is 1. The van der Waals surface area contributed by atoms with Gasteiger partial charge in [0.25, 0.3) is 5.56 Å². The van der Waals surface area contributed by atoms with Gasteiger partial charge >= 0.3 is 0 Å². The molecule has 0 saturated carbocycles. The van der Waals surface area contributed by atoms with Crippen LogP contribution in [0.5, 0.6) is 0 Å². The van der Waals surface area contributed by atoms with Crippen molar-refractivity contribution in [1.29, 1.82) is 0 Å². The van der Waals surface area contributed by atoms with Crippen LogP contribution in [-0.2, 0) is 22.5 Å². The van der Waals surface area contributed by atoms with Crippen molar-refractivity contribution in [1.82, 2.24) is 14.5 Å². The molecule has 0 atom stereocenters. The fraction of sp³-hybridized carbons (Fsp3) is 0.333. The Morgan fingerprint density at radius 2 is 1.88 bits per heavy atom. The third-order valence-corrected chi connectivity index (χ3v) is 5.46. The quantitative estimate of drug-likeness (QED) is 0.640. The third kappa shape index (κ3) is 5.39. The second kappa shape index (κ2) is 10.2. The molecule has 8 nitrogen and oxygen atoms in total. The Balaban J connectivity index is 1.46. The third-order valence-electron chi connectivity index (χ3n) is 5.46. The van der Waals surface area contributed by atoms with Crippen molar-refractivity contribution < 1.29 is 9.53 Å². The molecule has 1 aromatic carbocycles. The Labute approximate surface area is 186 Å². The van der Waals surface area contributed by atoms with Crippen LogP contribution >= 0.6 is 0 Å². The van der Waals surface area contributed by atoms with Gasteiger partial charge in [0.1, 0.15) is 5.49 Å². The lowest BCUT2D eigenvalue weighted by atomic mass is 10.1. The van der Waals surface area contributed by atoms with E-state index in [1.54, 1.807) is 6.92 Å². The number of nitrogens with zero attached hydrogens (tertiary/aromatic N) is 4. The number of ether oxygens (including phenoxy) is 1. The normalized spacial score (nSPS) is 14.5. The van der Waals surface area contributed by atoms with Gasteiger partial charge in [0, 0.05) is 43.5 Å². The highest BCUT2D eigenvalue weighted by Crippen LogP contribution is 2.11. The summed E-state index contributed by atoms with van der Waals surface area (Å²) in [5.41, 5.74) is 2.68. The Bertz CT molecular complexity index is 1190. The molecule has 8 heteroatoms. The molecule has 0 spiro atoms. The van der Waals surface area contributed by atoms with E-state index < -0.39 is 0 Å². The highest BCUT2D eigenvalue weighted by molar-refractivity contribution is 5.77. The summed E-state index contributed by atoms with van der Waals surface area (Å²) in [4.78, 5) is 38.9. The van der Waals surface area contributed by atoms with Crippen molar-refractivity contribution in [2.75, 3.05) is 31.2 Å². The molecule has 32 heavy (non-hydrogen) atoms. The molecule has 1 amide bonds. The van der Waals surface area contributed by atoms with Gasteiger partial charge in [0.2, 0.25) is 11.9 Å². The zero-order valence-electron chi connectivity index (χ0n) is 18.2. The highest BCUT2D eigenvalue weighted by atomic mass is 16.5. The van der Waals surface area contributed by atoms with Gasteiger partial charge in [-0.1, -0.05) is 36.4 Å². The Hall–Kier alpha value is -3.52. The molecule has 166 valence electrons. The van der Waals surface area contributed by atoms with Crippen LogP contribution in [-0.4, -0.2) is 46.7 Å². The average Bonchev–Trinajstić information content (AvgIpc) is 2.81. The summed E-state index contributed by atoms with van der Waals surface area (Å²) >= 11 is 0. The Morgan fingerprint density at radius 1 is 1.12 bits per heavy atom. The lowest BCUT2D eigenvalue weighted by molar-refractivity contribution is -0.118. The Morgan fingerprint density at radius 3 is 2.62 bits per heavy atom. The van der Waals surface area contributed by atoms with Gasteiger partial charge < -0.3 is 14.2 Å². The maximum absolute atomic E-state index is 12.6. The first-order valence-electron chi connectivity index (χ1n) is 10.8. The number of aryl methyl sites for hydroxylation is 1. The molecule has 2 aromatic heterocycles. The molecule has 4 rings (SSSR count). The minimum Gasteiger partial charge on any atom is -0.378 e. The number of pyridine rings is 1. The van der Waals surface area contributed by atoms with E-state index in [4.69, 9.17) is 4.74 Å². The summed E-state index contributed by atoms with van der Waals surface area (Å²) in [5.74, 6) is 0.288. The fourth-order valence-electron chi connectivity index (χ4n) is 3.71. The SMILES string of the molecule is Cc1nc(N2CCOCC2)[nH]c(=O)c1CCC(=O)N=c1ccccn1Cc1ccccc1. The number of aromatic nitrogens is 3. The number of H-pyrrole nitrogens is 1. The van der Waals surface area contributed by atoms with Gasteiger partial charge in [-0.15, -0.1) is 0 Å². The first kappa shape index (κ1) is 21.7. The number of hydrogen-bond acceptors (Lipinski definition) is 5. The van der Waals surface area contributed by atoms with E-state index in [1.807, 2.05) is 64.2 Å². The number of hydrogen-bond donors (Lipinski definition) is 1. The minimum atomic E-state index is -0.269. The number of rotatable bonds is 6. The van der Waals surface area contributed by atoms with Crippen molar-refractivity contribution in [3.8, 4) is 0 Å². The second-order valence-electron chi connectivity index (χ2n) is 7.73. The van der Waals surface area contributed by atoms with Crippen LogP contribution in [0.1, 0.15) is 23.2 Å². The maximum Gasteiger partial charge on any atom is 0.255 e. The lowest BCUT2D eigenvalue weighted by Crippen LogP contribution is -2.38. The zero-order valence-corrected chi connectivity index (χ0v) is 18.2. The number of morpholine rings is 1. The van der Waals surface area contributed by atoms with Gasteiger partial charge in [0.05, 0.1) is 13.2 Å². The highest BCUT2D eigenvalue weighted by Gasteiger charge is 2.16. The minimum absolute atomic E-state index is 0.142. The molecule has 1 aliphatic heterocycles. The monoisotopic (exact) mass is 433 g/mol. The van der Waals surface area contributed by atoms with E-state index in [0.717, 1.165) is 5.56 Å². The van der Waals surface area contributed by atoms with Crippen LogP contribution < -0.4 is 15.9 Å². The molecule has 1 saturated heterocycles. The molecule has 0 bridgehead atoms. The predicted molar refractivity (Wildman–Crippen MR) is 121 cm³/mol. The summed E-state index contributed by atoms with van der Waals surface area (Å²) in [5, 5.41) is 0. The standard InChI is InChI=1S/C24H27N5O3/c1-18-20(23(31)27-24(25-18)28-13-15-32-16-14-28)10-11-22(30)26-21-9-5-6-12-29(21)17-19-7-3-2-4-8-19/h2-9,12H,10-11,13-17H2,1H3,(H,25,27,31). The van der Waals surface area contributed by atoms with E-state index in [-0.39, 0.29) is 17.9 Å². The number of benzene rings is 1. The largest absolute Gasteiger partial charge is 0.378 e. The van der Waals surface area contributed by atoms with E-state index in [2.05, 4.69) is 15.0 Å². The molecule has 3 heterocycles. The summed E-state index contributed by atoms with van der Waals surface area (Å²) in [6.07, 6.45) is 2.34. The van der Waals surface area contributed by atoms with Crippen molar-refractivity contribution in [2.24, 2.45) is 4.99 Å².